The van der Waals surface area contributed by atoms with Gasteiger partial charge in [0.05, 0.1) is 26.6 Å². The van der Waals surface area contributed by atoms with Gasteiger partial charge in [0.1, 0.15) is 11.1 Å². The van der Waals surface area contributed by atoms with Crippen molar-refractivity contribution in [1.82, 2.24) is 9.97 Å². The number of fused-ring (bicyclic) bond motifs is 1. The van der Waals surface area contributed by atoms with Crippen LogP contribution in [0.5, 0.6) is 0 Å². The molecule has 0 saturated heterocycles. The van der Waals surface area contributed by atoms with Gasteiger partial charge in [0.2, 0.25) is 5.91 Å². The fourth-order valence-corrected chi connectivity index (χ4v) is 5.25. The molecule has 1 aromatic carbocycles. The van der Waals surface area contributed by atoms with Crippen LogP contribution in [0, 0.1) is 11.3 Å². The van der Waals surface area contributed by atoms with Crippen LogP contribution in [0.4, 0.5) is 5.13 Å². The van der Waals surface area contributed by atoms with Gasteiger partial charge < -0.3 is 5.32 Å². The van der Waals surface area contributed by atoms with Crippen LogP contribution in [-0.2, 0) is 17.6 Å². The number of amides is 1. The van der Waals surface area contributed by atoms with Crippen molar-refractivity contribution < 1.29 is 4.79 Å². The Bertz CT molecular complexity index is 1190. The molecule has 1 unspecified atom stereocenters. The Hall–Kier alpha value is -2.11. The normalized spacial score (nSPS) is 13.9. The maximum Gasteiger partial charge on any atom is 0.239 e. The van der Waals surface area contributed by atoms with Crippen molar-refractivity contribution in [3.63, 3.8) is 0 Å². The van der Waals surface area contributed by atoms with Gasteiger partial charge in [0.15, 0.2) is 5.13 Å². The van der Waals surface area contributed by atoms with Crippen molar-refractivity contribution in [1.29, 1.82) is 5.26 Å². The predicted molar refractivity (Wildman–Crippen MR) is 127 cm³/mol. The Morgan fingerprint density at radius 1 is 1.23 bits per heavy atom. The molecule has 0 spiro atoms. The lowest BCUT2D eigenvalue weighted by atomic mass is 9.95. The minimum absolute atomic E-state index is 0.191. The molecule has 2 heterocycles. The number of hydrogen-bond acceptors (Lipinski definition) is 6. The van der Waals surface area contributed by atoms with Crippen LogP contribution in [0.2, 0.25) is 10.0 Å². The van der Waals surface area contributed by atoms with E-state index < -0.39 is 5.25 Å². The van der Waals surface area contributed by atoms with E-state index in [0.717, 1.165) is 42.5 Å². The number of halogens is 2. The minimum atomic E-state index is -0.432. The van der Waals surface area contributed by atoms with Gasteiger partial charge in [0.25, 0.3) is 0 Å². The molecule has 5 nitrogen and oxygen atoms in total. The van der Waals surface area contributed by atoms with E-state index >= 15 is 0 Å². The lowest BCUT2D eigenvalue weighted by molar-refractivity contribution is -0.115. The second-order valence-electron chi connectivity index (χ2n) is 7.18. The maximum absolute atomic E-state index is 12.7. The molecule has 9 heteroatoms. The Morgan fingerprint density at radius 2 is 2.03 bits per heavy atom. The minimum Gasteiger partial charge on any atom is -0.301 e. The first-order valence-electron chi connectivity index (χ1n) is 9.76. The Labute approximate surface area is 198 Å². The number of thioether (sulfide) groups is 1. The fourth-order valence-electron chi connectivity index (χ4n) is 3.33. The standard InChI is InChI=1S/C22H18Cl2N4OS2/c1-12(31-21-15(10-25)8-13-4-2-3-5-18(13)26-21)20(29)28-22-27-19(11-30-22)14-6-7-16(23)17(24)9-14/h6-9,11-12H,2-5H2,1H3,(H,27,28,29). The number of thiazole rings is 1. The average molecular weight is 489 g/mol. The molecule has 0 aliphatic heterocycles. The molecule has 2 aromatic heterocycles. The number of carbonyl (C=O) groups excluding carboxylic acids is 1. The lowest BCUT2D eigenvalue weighted by Gasteiger charge is -2.17. The Kier molecular flexibility index (Phi) is 6.83. The van der Waals surface area contributed by atoms with Crippen molar-refractivity contribution in [2.45, 2.75) is 42.9 Å². The topological polar surface area (TPSA) is 78.7 Å². The highest BCUT2D eigenvalue weighted by molar-refractivity contribution is 8.00. The number of rotatable bonds is 5. The van der Waals surface area contributed by atoms with Gasteiger partial charge >= 0.3 is 0 Å². The molecular weight excluding hydrogens is 471 g/mol. The van der Waals surface area contributed by atoms with Crippen molar-refractivity contribution in [2.75, 3.05) is 5.32 Å². The van der Waals surface area contributed by atoms with Gasteiger partial charge in [-0.25, -0.2) is 9.97 Å². The lowest BCUT2D eigenvalue weighted by Crippen LogP contribution is -2.22. The quantitative estimate of drug-likeness (QED) is 0.421. The van der Waals surface area contributed by atoms with Crippen molar-refractivity contribution in [3.8, 4) is 17.3 Å². The van der Waals surface area contributed by atoms with Crippen LogP contribution in [-0.4, -0.2) is 21.1 Å². The van der Waals surface area contributed by atoms with E-state index in [-0.39, 0.29) is 5.91 Å². The molecule has 4 rings (SSSR count). The van der Waals surface area contributed by atoms with E-state index in [9.17, 15) is 10.1 Å². The Morgan fingerprint density at radius 3 is 2.81 bits per heavy atom. The van der Waals surface area contributed by atoms with Crippen molar-refractivity contribution in [3.05, 3.63) is 56.5 Å². The van der Waals surface area contributed by atoms with E-state index in [1.54, 1.807) is 19.1 Å². The van der Waals surface area contributed by atoms with Crippen molar-refractivity contribution >= 4 is 57.3 Å². The molecule has 1 N–H and O–H groups in total. The summed E-state index contributed by atoms with van der Waals surface area (Å²) in [7, 11) is 0. The fraction of sp³-hybridized carbons (Fsp3) is 0.273. The molecule has 31 heavy (non-hydrogen) atoms. The van der Waals surface area contributed by atoms with E-state index in [1.807, 2.05) is 17.5 Å². The highest BCUT2D eigenvalue weighted by Gasteiger charge is 2.21. The van der Waals surface area contributed by atoms with E-state index in [2.05, 4.69) is 16.4 Å². The maximum atomic E-state index is 12.7. The van der Waals surface area contributed by atoms with E-state index in [1.165, 1.54) is 23.1 Å². The summed E-state index contributed by atoms with van der Waals surface area (Å²) < 4.78 is 0. The third-order valence-electron chi connectivity index (χ3n) is 4.99. The molecule has 1 amide bonds. The van der Waals surface area contributed by atoms with Crippen LogP contribution < -0.4 is 5.32 Å². The summed E-state index contributed by atoms with van der Waals surface area (Å²) in [6, 6.07) is 9.45. The molecule has 0 saturated carbocycles. The molecule has 1 atom stereocenters. The first kappa shape index (κ1) is 22.1. The largest absolute Gasteiger partial charge is 0.301 e. The number of benzene rings is 1. The SMILES string of the molecule is CC(Sc1nc2c(cc1C#N)CCCC2)C(=O)Nc1nc(-c2ccc(Cl)c(Cl)c2)cs1. The number of aryl methyl sites for hydroxylation is 2. The number of aromatic nitrogens is 2. The second-order valence-corrected chi connectivity index (χ2v) is 10.2. The summed E-state index contributed by atoms with van der Waals surface area (Å²) in [4.78, 5) is 21.9. The molecule has 1 aliphatic carbocycles. The van der Waals surface area contributed by atoms with Gasteiger partial charge in [-0.15, -0.1) is 11.3 Å². The smallest absolute Gasteiger partial charge is 0.239 e. The predicted octanol–water partition coefficient (Wildman–Crippen LogP) is 6.38. The number of nitrogens with zero attached hydrogens (tertiary/aromatic N) is 3. The molecule has 158 valence electrons. The van der Waals surface area contributed by atoms with Crippen molar-refractivity contribution in [2.24, 2.45) is 0 Å². The summed E-state index contributed by atoms with van der Waals surface area (Å²) in [5.74, 6) is -0.191. The number of anilines is 1. The number of nitriles is 1. The number of hydrogen-bond donors (Lipinski definition) is 1. The monoisotopic (exact) mass is 488 g/mol. The number of pyridine rings is 1. The van der Waals surface area contributed by atoms with Gasteiger partial charge in [-0.05, 0) is 56.4 Å². The van der Waals surface area contributed by atoms with Crippen LogP contribution in [0.25, 0.3) is 11.3 Å². The highest BCUT2D eigenvalue weighted by Crippen LogP contribution is 2.32. The highest BCUT2D eigenvalue weighted by atomic mass is 35.5. The molecule has 0 bridgehead atoms. The first-order chi connectivity index (χ1) is 14.9. The second kappa shape index (κ2) is 9.58. The summed E-state index contributed by atoms with van der Waals surface area (Å²) in [5, 5.41) is 15.8. The number of carbonyl (C=O) groups is 1. The molecule has 0 fully saturated rings. The summed E-state index contributed by atoms with van der Waals surface area (Å²) in [5.41, 5.74) is 4.27. The molecule has 1 aliphatic rings. The Balaban J connectivity index is 1.45. The molecule has 3 aromatic rings. The zero-order valence-corrected chi connectivity index (χ0v) is 19.8. The molecular formula is C22H18Cl2N4OS2. The summed E-state index contributed by atoms with van der Waals surface area (Å²) >= 11 is 14.7. The summed E-state index contributed by atoms with van der Waals surface area (Å²) in [6.45, 7) is 1.80. The van der Waals surface area contributed by atoms with Gasteiger partial charge in [-0.2, -0.15) is 5.26 Å². The molecule has 0 radical (unpaired) electrons. The third kappa shape index (κ3) is 5.04. The van der Waals surface area contributed by atoms with E-state index in [0.29, 0.717) is 31.5 Å². The van der Waals surface area contributed by atoms with Crippen LogP contribution in [0.15, 0.2) is 34.7 Å². The van der Waals surface area contributed by atoms with Gasteiger partial charge in [-0.1, -0.05) is 41.0 Å². The van der Waals surface area contributed by atoms with Gasteiger partial charge in [0, 0.05) is 16.6 Å². The van der Waals surface area contributed by atoms with Crippen LogP contribution in [0.3, 0.4) is 0 Å². The van der Waals surface area contributed by atoms with E-state index in [4.69, 9.17) is 28.2 Å². The third-order valence-corrected chi connectivity index (χ3v) is 7.59. The average Bonchev–Trinajstić information content (AvgIpc) is 3.23. The zero-order valence-electron chi connectivity index (χ0n) is 16.6. The van der Waals surface area contributed by atoms with Gasteiger partial charge in [-0.3, -0.25) is 4.79 Å². The number of nitrogens with one attached hydrogen (secondary N) is 1. The van der Waals surface area contributed by atoms with Crippen LogP contribution >= 0.6 is 46.3 Å². The summed E-state index contributed by atoms with van der Waals surface area (Å²) in [6.07, 6.45) is 4.12. The zero-order chi connectivity index (χ0) is 22.0. The van der Waals surface area contributed by atoms with Crippen LogP contribution in [0.1, 0.15) is 36.6 Å². The first-order valence-corrected chi connectivity index (χ1v) is 12.3.